The first-order valence-corrected chi connectivity index (χ1v) is 9.45. The zero-order chi connectivity index (χ0) is 20.4. The normalized spacial score (nSPS) is 19.9. The molecule has 0 aliphatic carbocycles. The fraction of sp³-hybridized carbons (Fsp3) is 0.526. The zero-order valence-electron chi connectivity index (χ0n) is 15.8. The molecule has 0 saturated carbocycles. The lowest BCUT2D eigenvalue weighted by atomic mass is 9.96. The third-order valence-corrected chi connectivity index (χ3v) is 4.76. The molecule has 2 atom stereocenters. The summed E-state index contributed by atoms with van der Waals surface area (Å²) in [7, 11) is 0. The summed E-state index contributed by atoms with van der Waals surface area (Å²) in [5.41, 5.74) is -0.00496. The number of hydrogen-bond donors (Lipinski definition) is 0. The predicted octanol–water partition coefficient (Wildman–Crippen LogP) is 4.25. The van der Waals surface area contributed by atoms with Crippen LogP contribution in [0.1, 0.15) is 39.7 Å². The highest BCUT2D eigenvalue weighted by molar-refractivity contribution is 6.42. The van der Waals surface area contributed by atoms with E-state index in [0.717, 1.165) is 10.5 Å². The van der Waals surface area contributed by atoms with Gasteiger partial charge < -0.3 is 9.47 Å². The van der Waals surface area contributed by atoms with Gasteiger partial charge in [-0.2, -0.15) is 0 Å². The quantitative estimate of drug-likeness (QED) is 0.687. The molecule has 8 heteroatoms. The first-order chi connectivity index (χ1) is 12.5. The molecule has 1 aliphatic heterocycles. The smallest absolute Gasteiger partial charge is 0.417 e. The molecule has 0 radical (unpaired) electrons. The average Bonchev–Trinajstić information content (AvgIpc) is 2.86. The molecule has 1 aromatic rings. The van der Waals surface area contributed by atoms with Crippen LogP contribution < -0.4 is 0 Å². The Bertz CT molecular complexity index is 744. The van der Waals surface area contributed by atoms with Gasteiger partial charge in [0.25, 0.3) is 0 Å². The molecule has 1 fully saturated rings. The van der Waals surface area contributed by atoms with Crippen LogP contribution in [0.25, 0.3) is 0 Å². The number of amides is 2. The number of halogens is 2. The van der Waals surface area contributed by atoms with Gasteiger partial charge in [0.15, 0.2) is 0 Å². The summed E-state index contributed by atoms with van der Waals surface area (Å²) in [6, 6.07) is 4.08. The molecule has 0 bridgehead atoms. The van der Waals surface area contributed by atoms with Crippen molar-refractivity contribution < 1.29 is 23.9 Å². The van der Waals surface area contributed by atoms with Gasteiger partial charge in [-0.3, -0.25) is 4.79 Å². The molecule has 1 aliphatic rings. The van der Waals surface area contributed by atoms with E-state index in [1.165, 1.54) is 0 Å². The molecule has 1 saturated heterocycles. The third-order valence-electron chi connectivity index (χ3n) is 4.02. The highest BCUT2D eigenvalue weighted by Crippen LogP contribution is 2.32. The summed E-state index contributed by atoms with van der Waals surface area (Å²) in [6.07, 6.45) is -0.357. The molecular weight excluding hydrogens is 393 g/mol. The van der Waals surface area contributed by atoms with Crippen molar-refractivity contribution in [2.75, 3.05) is 6.61 Å². The van der Waals surface area contributed by atoms with E-state index < -0.39 is 35.5 Å². The standard InChI is InChI=1S/C19H23Cl2NO5/c1-5-26-17(24)15-10-12(8-11-6-7-13(20)14(21)9-11)16(23)22(15)18(25)27-19(2,3)4/h6-7,9,12,15H,5,8,10H2,1-4H3/t12-,15-/m1/s1. The summed E-state index contributed by atoms with van der Waals surface area (Å²) in [6.45, 7) is 6.90. The van der Waals surface area contributed by atoms with Crippen molar-refractivity contribution >= 4 is 41.2 Å². The summed E-state index contributed by atoms with van der Waals surface area (Å²) >= 11 is 12.0. The molecule has 6 nitrogen and oxygen atoms in total. The number of carbonyl (C=O) groups excluding carboxylic acids is 3. The number of likely N-dealkylation sites (tertiary alicyclic amines) is 1. The average molecular weight is 416 g/mol. The minimum absolute atomic E-state index is 0.156. The molecule has 0 unspecified atom stereocenters. The monoisotopic (exact) mass is 415 g/mol. The number of esters is 1. The third kappa shape index (κ3) is 5.36. The lowest BCUT2D eigenvalue weighted by Gasteiger charge is -2.26. The Hall–Kier alpha value is -1.79. The Labute approximate surface area is 168 Å². The lowest BCUT2D eigenvalue weighted by Crippen LogP contribution is -2.46. The van der Waals surface area contributed by atoms with E-state index >= 15 is 0 Å². The maximum atomic E-state index is 12.9. The van der Waals surface area contributed by atoms with Crippen LogP contribution in [-0.4, -0.2) is 41.1 Å². The number of benzene rings is 1. The summed E-state index contributed by atoms with van der Waals surface area (Å²) in [5, 5.41) is 0.795. The Balaban J connectivity index is 2.25. The second-order valence-corrected chi connectivity index (χ2v) is 8.16. The minimum atomic E-state index is -1.000. The van der Waals surface area contributed by atoms with Crippen molar-refractivity contribution in [3.05, 3.63) is 33.8 Å². The van der Waals surface area contributed by atoms with E-state index in [1.54, 1.807) is 45.9 Å². The number of hydrogen-bond acceptors (Lipinski definition) is 5. The molecule has 2 rings (SSSR count). The molecule has 1 aromatic carbocycles. The van der Waals surface area contributed by atoms with E-state index in [2.05, 4.69) is 0 Å². The minimum Gasteiger partial charge on any atom is -0.464 e. The van der Waals surface area contributed by atoms with Crippen LogP contribution in [-0.2, 0) is 25.5 Å². The van der Waals surface area contributed by atoms with Crippen LogP contribution in [0.5, 0.6) is 0 Å². The summed E-state index contributed by atoms with van der Waals surface area (Å²) in [5.74, 6) is -1.65. The SMILES string of the molecule is CCOC(=O)[C@H]1C[C@@H](Cc2ccc(Cl)c(Cl)c2)C(=O)N1C(=O)OC(C)(C)C. The number of rotatable bonds is 4. The number of imide groups is 1. The molecule has 2 amide bonds. The highest BCUT2D eigenvalue weighted by Gasteiger charge is 2.48. The number of carbonyl (C=O) groups is 3. The highest BCUT2D eigenvalue weighted by atomic mass is 35.5. The maximum absolute atomic E-state index is 12.9. The summed E-state index contributed by atoms with van der Waals surface area (Å²) < 4.78 is 10.3. The van der Waals surface area contributed by atoms with Gasteiger partial charge in [0.2, 0.25) is 5.91 Å². The molecule has 148 valence electrons. The van der Waals surface area contributed by atoms with Gasteiger partial charge in [-0.15, -0.1) is 0 Å². The largest absolute Gasteiger partial charge is 0.464 e. The van der Waals surface area contributed by atoms with Gasteiger partial charge >= 0.3 is 12.1 Å². The van der Waals surface area contributed by atoms with Crippen LogP contribution in [0.2, 0.25) is 10.0 Å². The van der Waals surface area contributed by atoms with Crippen LogP contribution in [0.3, 0.4) is 0 Å². The molecule has 0 N–H and O–H groups in total. The van der Waals surface area contributed by atoms with Crippen molar-refractivity contribution in [1.29, 1.82) is 0 Å². The van der Waals surface area contributed by atoms with Crippen molar-refractivity contribution in [3.63, 3.8) is 0 Å². The van der Waals surface area contributed by atoms with E-state index in [4.69, 9.17) is 32.7 Å². The van der Waals surface area contributed by atoms with E-state index in [9.17, 15) is 14.4 Å². The van der Waals surface area contributed by atoms with Crippen molar-refractivity contribution in [2.24, 2.45) is 5.92 Å². The van der Waals surface area contributed by atoms with Crippen LogP contribution in [0, 0.1) is 5.92 Å². The second kappa shape index (κ2) is 8.48. The zero-order valence-corrected chi connectivity index (χ0v) is 17.3. The van der Waals surface area contributed by atoms with Gasteiger partial charge in [-0.1, -0.05) is 29.3 Å². The maximum Gasteiger partial charge on any atom is 0.417 e. The lowest BCUT2D eigenvalue weighted by molar-refractivity contribution is -0.151. The number of ether oxygens (including phenoxy) is 2. The Kier molecular flexibility index (Phi) is 6.76. The number of nitrogens with zero attached hydrogens (tertiary/aromatic N) is 1. The molecule has 0 spiro atoms. The van der Waals surface area contributed by atoms with Gasteiger partial charge in [0, 0.05) is 5.92 Å². The first kappa shape index (κ1) is 21.5. The molecule has 0 aromatic heterocycles. The fourth-order valence-electron chi connectivity index (χ4n) is 2.92. The van der Waals surface area contributed by atoms with E-state index in [1.807, 2.05) is 0 Å². The molecular formula is C19H23Cl2NO5. The van der Waals surface area contributed by atoms with E-state index in [-0.39, 0.29) is 13.0 Å². The van der Waals surface area contributed by atoms with Crippen LogP contribution >= 0.6 is 23.2 Å². The van der Waals surface area contributed by atoms with Gasteiger partial charge in [0.1, 0.15) is 11.6 Å². The van der Waals surface area contributed by atoms with Gasteiger partial charge in [0.05, 0.1) is 16.7 Å². The first-order valence-electron chi connectivity index (χ1n) is 8.70. The van der Waals surface area contributed by atoms with Crippen molar-refractivity contribution in [2.45, 2.75) is 52.2 Å². The second-order valence-electron chi connectivity index (χ2n) is 7.34. The van der Waals surface area contributed by atoms with Crippen LogP contribution in [0.15, 0.2) is 18.2 Å². The Morgan fingerprint density at radius 1 is 1.22 bits per heavy atom. The van der Waals surface area contributed by atoms with Crippen molar-refractivity contribution in [3.8, 4) is 0 Å². The fourth-order valence-corrected chi connectivity index (χ4v) is 3.24. The van der Waals surface area contributed by atoms with Crippen LogP contribution in [0.4, 0.5) is 4.79 Å². The van der Waals surface area contributed by atoms with Gasteiger partial charge in [-0.25, -0.2) is 14.5 Å². The van der Waals surface area contributed by atoms with Crippen molar-refractivity contribution in [1.82, 2.24) is 4.90 Å². The topological polar surface area (TPSA) is 72.9 Å². The summed E-state index contributed by atoms with van der Waals surface area (Å²) in [4.78, 5) is 38.6. The Morgan fingerprint density at radius 3 is 2.44 bits per heavy atom. The molecule has 1 heterocycles. The van der Waals surface area contributed by atoms with E-state index in [0.29, 0.717) is 16.5 Å². The predicted molar refractivity (Wildman–Crippen MR) is 102 cm³/mol. The Morgan fingerprint density at radius 2 is 1.89 bits per heavy atom. The molecule has 27 heavy (non-hydrogen) atoms. The van der Waals surface area contributed by atoms with Gasteiger partial charge in [-0.05, 0) is 58.2 Å².